The van der Waals surface area contributed by atoms with E-state index in [2.05, 4.69) is 9.97 Å². The van der Waals surface area contributed by atoms with Crippen molar-refractivity contribution in [3.8, 4) is 11.1 Å². The number of hydrogen-bond acceptors (Lipinski definition) is 4. The molecule has 0 aromatic carbocycles. The van der Waals surface area contributed by atoms with Crippen molar-refractivity contribution in [3.05, 3.63) is 35.3 Å². The maximum atomic E-state index is 10.7. The minimum atomic E-state index is -0.454. The van der Waals surface area contributed by atoms with E-state index in [9.17, 15) is 4.79 Å². The standard InChI is InChI=1S/C8H7N3O2/c9-7-6(3-10-8(12)11-7)5-1-2-13-4-5/h1-4H,(H3,9,10,11,12). The van der Waals surface area contributed by atoms with Gasteiger partial charge in [0.25, 0.3) is 0 Å². The van der Waals surface area contributed by atoms with Crippen LogP contribution in [-0.2, 0) is 0 Å². The van der Waals surface area contributed by atoms with Gasteiger partial charge in [-0.15, -0.1) is 0 Å². The molecule has 2 aromatic rings. The third kappa shape index (κ3) is 1.31. The average Bonchev–Trinajstić information content (AvgIpc) is 2.56. The van der Waals surface area contributed by atoms with Crippen molar-refractivity contribution in [2.45, 2.75) is 0 Å². The zero-order chi connectivity index (χ0) is 9.26. The van der Waals surface area contributed by atoms with Gasteiger partial charge in [0.05, 0.1) is 12.5 Å². The van der Waals surface area contributed by atoms with E-state index < -0.39 is 5.69 Å². The molecule has 0 aliphatic heterocycles. The molecule has 0 aliphatic rings. The summed E-state index contributed by atoms with van der Waals surface area (Å²) >= 11 is 0. The van der Waals surface area contributed by atoms with Crippen molar-refractivity contribution in [2.24, 2.45) is 0 Å². The average molecular weight is 177 g/mol. The van der Waals surface area contributed by atoms with Gasteiger partial charge in [0.2, 0.25) is 0 Å². The lowest BCUT2D eigenvalue weighted by atomic mass is 10.2. The molecule has 0 saturated heterocycles. The second kappa shape index (κ2) is 2.78. The first-order valence-electron chi connectivity index (χ1n) is 3.65. The molecule has 2 rings (SSSR count). The first-order chi connectivity index (χ1) is 6.27. The van der Waals surface area contributed by atoms with Gasteiger partial charge in [-0.05, 0) is 6.07 Å². The molecule has 0 saturated carbocycles. The van der Waals surface area contributed by atoms with E-state index in [0.717, 1.165) is 5.56 Å². The van der Waals surface area contributed by atoms with Crippen molar-refractivity contribution in [2.75, 3.05) is 5.73 Å². The van der Waals surface area contributed by atoms with E-state index in [1.165, 1.54) is 18.7 Å². The number of rotatable bonds is 1. The second-order valence-corrected chi connectivity index (χ2v) is 2.53. The zero-order valence-electron chi connectivity index (χ0n) is 6.65. The summed E-state index contributed by atoms with van der Waals surface area (Å²) in [6.45, 7) is 0. The highest BCUT2D eigenvalue weighted by molar-refractivity contribution is 5.71. The summed E-state index contributed by atoms with van der Waals surface area (Å²) < 4.78 is 4.88. The summed E-state index contributed by atoms with van der Waals surface area (Å²) in [7, 11) is 0. The van der Waals surface area contributed by atoms with Crippen LogP contribution in [0, 0.1) is 0 Å². The molecular weight excluding hydrogens is 170 g/mol. The van der Waals surface area contributed by atoms with Crippen LogP contribution in [0.15, 0.2) is 34.0 Å². The van der Waals surface area contributed by atoms with E-state index in [1.54, 1.807) is 6.07 Å². The molecule has 0 unspecified atom stereocenters. The third-order valence-corrected chi connectivity index (χ3v) is 1.67. The van der Waals surface area contributed by atoms with Gasteiger partial charge in [0.1, 0.15) is 5.82 Å². The van der Waals surface area contributed by atoms with Crippen LogP contribution in [0.4, 0.5) is 5.82 Å². The fraction of sp³-hybridized carbons (Fsp3) is 0. The molecule has 0 bridgehead atoms. The molecule has 13 heavy (non-hydrogen) atoms. The third-order valence-electron chi connectivity index (χ3n) is 1.67. The normalized spacial score (nSPS) is 10.2. The Balaban J connectivity index is 2.60. The number of aromatic amines is 1. The van der Waals surface area contributed by atoms with Crippen LogP contribution in [0.2, 0.25) is 0 Å². The summed E-state index contributed by atoms with van der Waals surface area (Å²) in [6.07, 6.45) is 4.48. The fourth-order valence-electron chi connectivity index (χ4n) is 1.06. The highest BCUT2D eigenvalue weighted by Gasteiger charge is 2.04. The summed E-state index contributed by atoms with van der Waals surface area (Å²) in [5.74, 6) is 0.293. The predicted molar refractivity (Wildman–Crippen MR) is 47.0 cm³/mol. The largest absolute Gasteiger partial charge is 0.472 e. The number of nitrogen functional groups attached to an aromatic ring is 1. The van der Waals surface area contributed by atoms with Crippen LogP contribution in [0.5, 0.6) is 0 Å². The number of hydrogen-bond donors (Lipinski definition) is 2. The second-order valence-electron chi connectivity index (χ2n) is 2.53. The number of aromatic nitrogens is 2. The molecule has 2 aromatic heterocycles. The highest BCUT2D eigenvalue weighted by atomic mass is 16.3. The molecule has 0 spiro atoms. The minimum Gasteiger partial charge on any atom is -0.472 e. The summed E-state index contributed by atoms with van der Waals surface area (Å²) in [4.78, 5) is 16.7. The van der Waals surface area contributed by atoms with Gasteiger partial charge in [-0.2, -0.15) is 0 Å². The van der Waals surface area contributed by atoms with Crippen LogP contribution in [-0.4, -0.2) is 9.97 Å². The Morgan fingerprint density at radius 3 is 3.00 bits per heavy atom. The summed E-state index contributed by atoms with van der Waals surface area (Å²) in [5.41, 5.74) is 6.57. The van der Waals surface area contributed by atoms with Crippen molar-refractivity contribution >= 4 is 5.82 Å². The van der Waals surface area contributed by atoms with E-state index in [-0.39, 0.29) is 0 Å². The lowest BCUT2D eigenvalue weighted by molar-refractivity contribution is 0.568. The van der Waals surface area contributed by atoms with Crippen LogP contribution < -0.4 is 11.4 Å². The fourth-order valence-corrected chi connectivity index (χ4v) is 1.06. The van der Waals surface area contributed by atoms with Crippen LogP contribution in [0.25, 0.3) is 11.1 Å². The predicted octanol–water partition coefficient (Wildman–Crippen LogP) is 0.612. The topological polar surface area (TPSA) is 84.9 Å². The Morgan fingerprint density at radius 2 is 2.38 bits per heavy atom. The van der Waals surface area contributed by atoms with Gasteiger partial charge in [-0.3, -0.25) is 4.98 Å². The highest BCUT2D eigenvalue weighted by Crippen LogP contribution is 2.21. The monoisotopic (exact) mass is 177 g/mol. The van der Waals surface area contributed by atoms with Gasteiger partial charge >= 0.3 is 5.69 Å². The molecule has 0 radical (unpaired) electrons. The van der Waals surface area contributed by atoms with Crippen molar-refractivity contribution < 1.29 is 4.42 Å². The van der Waals surface area contributed by atoms with E-state index in [0.29, 0.717) is 11.4 Å². The maximum absolute atomic E-state index is 10.7. The van der Waals surface area contributed by atoms with Gasteiger partial charge in [-0.1, -0.05) is 0 Å². The molecule has 66 valence electrons. The summed E-state index contributed by atoms with van der Waals surface area (Å²) in [6, 6.07) is 1.74. The number of nitrogens with one attached hydrogen (secondary N) is 1. The van der Waals surface area contributed by atoms with Crippen molar-refractivity contribution in [1.82, 2.24) is 9.97 Å². The van der Waals surface area contributed by atoms with Gasteiger partial charge in [-0.25, -0.2) is 9.78 Å². The Labute approximate surface area is 73.2 Å². The molecule has 0 atom stereocenters. The summed E-state index contributed by atoms with van der Waals surface area (Å²) in [5, 5.41) is 0. The smallest absolute Gasteiger partial charge is 0.346 e. The number of H-pyrrole nitrogens is 1. The van der Waals surface area contributed by atoms with E-state index in [1.807, 2.05) is 0 Å². The van der Waals surface area contributed by atoms with Crippen molar-refractivity contribution in [1.29, 1.82) is 0 Å². The number of furan rings is 1. The van der Waals surface area contributed by atoms with Crippen LogP contribution in [0.1, 0.15) is 0 Å². The molecule has 0 amide bonds. The van der Waals surface area contributed by atoms with Crippen LogP contribution in [0.3, 0.4) is 0 Å². The minimum absolute atomic E-state index is 0.293. The van der Waals surface area contributed by atoms with E-state index >= 15 is 0 Å². The molecule has 3 N–H and O–H groups in total. The van der Waals surface area contributed by atoms with Gasteiger partial charge < -0.3 is 10.2 Å². The molecule has 5 nitrogen and oxygen atoms in total. The molecule has 2 heterocycles. The molecule has 0 aliphatic carbocycles. The first-order valence-corrected chi connectivity index (χ1v) is 3.65. The van der Waals surface area contributed by atoms with E-state index in [4.69, 9.17) is 10.2 Å². The van der Waals surface area contributed by atoms with Crippen LogP contribution >= 0.6 is 0 Å². The Hall–Kier alpha value is -2.04. The number of nitrogens with two attached hydrogens (primary N) is 1. The SMILES string of the molecule is Nc1[nH]c(=O)ncc1-c1ccoc1. The quantitative estimate of drug-likeness (QED) is 0.668. The lowest BCUT2D eigenvalue weighted by Gasteiger charge is -1.99. The Kier molecular flexibility index (Phi) is 1.63. The van der Waals surface area contributed by atoms with Crippen molar-refractivity contribution in [3.63, 3.8) is 0 Å². The molecule has 0 fully saturated rings. The molecular formula is C8H7N3O2. The zero-order valence-corrected chi connectivity index (χ0v) is 6.65. The number of anilines is 1. The van der Waals surface area contributed by atoms with Gasteiger partial charge in [0.15, 0.2) is 0 Å². The Morgan fingerprint density at radius 1 is 1.54 bits per heavy atom. The lowest BCUT2D eigenvalue weighted by Crippen LogP contribution is -2.12. The number of nitrogens with zero attached hydrogens (tertiary/aromatic N) is 1. The molecule has 5 heteroatoms. The first kappa shape index (κ1) is 7.60. The van der Waals surface area contributed by atoms with Gasteiger partial charge in [0, 0.05) is 17.3 Å². The maximum Gasteiger partial charge on any atom is 0.346 e. The Bertz CT molecular complexity index is 458.